The summed E-state index contributed by atoms with van der Waals surface area (Å²) in [6.07, 6.45) is 4.22. The Morgan fingerprint density at radius 2 is 1.58 bits per heavy atom. The van der Waals surface area contributed by atoms with E-state index in [1.54, 1.807) is 0 Å². The van der Waals surface area contributed by atoms with Crippen LogP contribution in [-0.2, 0) is 0 Å². The molecule has 0 aromatic carbocycles. The van der Waals surface area contributed by atoms with Gasteiger partial charge in [0.1, 0.15) is 0 Å². The van der Waals surface area contributed by atoms with Gasteiger partial charge in [-0.2, -0.15) is 0 Å². The van der Waals surface area contributed by atoms with Gasteiger partial charge in [-0.3, -0.25) is 4.90 Å². The number of piperidine rings is 1. The van der Waals surface area contributed by atoms with E-state index in [1.807, 2.05) is 6.92 Å². The summed E-state index contributed by atoms with van der Waals surface area (Å²) in [5.74, 6) is 7.13. The zero-order valence-electron chi connectivity index (χ0n) is 12.7. The maximum atomic E-state index is 3.17. The van der Waals surface area contributed by atoms with E-state index >= 15 is 0 Å². The molecule has 0 radical (unpaired) electrons. The third-order valence-corrected chi connectivity index (χ3v) is 4.64. The first kappa shape index (κ1) is 14.8. The highest BCUT2D eigenvalue weighted by Crippen LogP contribution is 2.20. The van der Waals surface area contributed by atoms with E-state index in [2.05, 4.69) is 33.6 Å². The van der Waals surface area contributed by atoms with Crippen molar-refractivity contribution in [1.82, 2.24) is 14.7 Å². The first-order valence-corrected chi connectivity index (χ1v) is 7.81. The number of piperazine rings is 1. The summed E-state index contributed by atoms with van der Waals surface area (Å²) in [5.41, 5.74) is 0. The predicted molar refractivity (Wildman–Crippen MR) is 81.2 cm³/mol. The third-order valence-electron chi connectivity index (χ3n) is 4.64. The Morgan fingerprint density at radius 3 is 2.21 bits per heavy atom. The molecule has 0 bridgehead atoms. The molecular weight excluding hydrogens is 234 g/mol. The zero-order chi connectivity index (χ0) is 13.5. The van der Waals surface area contributed by atoms with Crippen molar-refractivity contribution in [1.29, 1.82) is 0 Å². The van der Waals surface area contributed by atoms with Gasteiger partial charge >= 0.3 is 0 Å². The second kappa shape index (κ2) is 7.89. The van der Waals surface area contributed by atoms with Crippen LogP contribution >= 0.6 is 0 Å². The highest BCUT2D eigenvalue weighted by molar-refractivity contribution is 4.98. The van der Waals surface area contributed by atoms with Crippen molar-refractivity contribution >= 4 is 0 Å². The Morgan fingerprint density at radius 1 is 0.947 bits per heavy atom. The summed E-state index contributed by atoms with van der Waals surface area (Å²) in [6, 6.07) is 0. The number of rotatable bonds is 4. The fourth-order valence-corrected chi connectivity index (χ4v) is 3.08. The molecular formula is C16H29N3. The lowest BCUT2D eigenvalue weighted by molar-refractivity contribution is 0.128. The van der Waals surface area contributed by atoms with Crippen LogP contribution in [0.1, 0.15) is 26.2 Å². The van der Waals surface area contributed by atoms with Gasteiger partial charge in [0, 0.05) is 26.2 Å². The van der Waals surface area contributed by atoms with Crippen LogP contribution in [0.4, 0.5) is 0 Å². The number of hydrogen-bond donors (Lipinski definition) is 0. The summed E-state index contributed by atoms with van der Waals surface area (Å²) in [6.45, 7) is 11.7. The topological polar surface area (TPSA) is 9.72 Å². The van der Waals surface area contributed by atoms with E-state index in [9.17, 15) is 0 Å². The Labute approximate surface area is 118 Å². The zero-order valence-corrected chi connectivity index (χ0v) is 12.7. The van der Waals surface area contributed by atoms with Gasteiger partial charge in [-0.15, -0.1) is 5.92 Å². The first-order chi connectivity index (χ1) is 9.28. The highest BCUT2D eigenvalue weighted by atomic mass is 15.3. The van der Waals surface area contributed by atoms with Gasteiger partial charge in [-0.1, -0.05) is 5.92 Å². The summed E-state index contributed by atoms with van der Waals surface area (Å²) in [4.78, 5) is 7.58. The van der Waals surface area contributed by atoms with Crippen LogP contribution in [0.2, 0.25) is 0 Å². The molecule has 0 atom stereocenters. The molecule has 0 aliphatic carbocycles. The van der Waals surface area contributed by atoms with Gasteiger partial charge in [-0.25, -0.2) is 0 Å². The molecule has 2 saturated heterocycles. The molecule has 19 heavy (non-hydrogen) atoms. The lowest BCUT2D eigenvalue weighted by Crippen LogP contribution is -2.47. The molecule has 0 aromatic rings. The van der Waals surface area contributed by atoms with E-state index in [4.69, 9.17) is 0 Å². The molecule has 3 heteroatoms. The van der Waals surface area contributed by atoms with E-state index in [1.165, 1.54) is 65.1 Å². The molecule has 2 aliphatic heterocycles. The molecule has 0 N–H and O–H groups in total. The maximum Gasteiger partial charge on any atom is 0.0602 e. The van der Waals surface area contributed by atoms with Crippen LogP contribution in [0, 0.1) is 17.8 Å². The maximum absolute atomic E-state index is 3.17. The van der Waals surface area contributed by atoms with Crippen LogP contribution in [0.25, 0.3) is 0 Å². The number of likely N-dealkylation sites (tertiary alicyclic amines) is 1. The fraction of sp³-hybridized carbons (Fsp3) is 0.875. The minimum Gasteiger partial charge on any atom is -0.306 e. The number of hydrogen-bond acceptors (Lipinski definition) is 3. The minimum atomic E-state index is 0.958. The lowest BCUT2D eigenvalue weighted by Gasteiger charge is -2.35. The Balaban J connectivity index is 1.59. The summed E-state index contributed by atoms with van der Waals surface area (Å²) < 4.78 is 0. The van der Waals surface area contributed by atoms with Gasteiger partial charge < -0.3 is 9.80 Å². The molecule has 0 unspecified atom stereocenters. The lowest BCUT2D eigenvalue weighted by atomic mass is 9.93. The van der Waals surface area contributed by atoms with Gasteiger partial charge in [0.15, 0.2) is 0 Å². The molecule has 0 saturated carbocycles. The average Bonchev–Trinajstić information content (AvgIpc) is 2.46. The van der Waals surface area contributed by atoms with E-state index in [0.29, 0.717) is 0 Å². The molecule has 0 aromatic heterocycles. The molecule has 2 rings (SSSR count). The van der Waals surface area contributed by atoms with Crippen molar-refractivity contribution in [3.63, 3.8) is 0 Å². The quantitative estimate of drug-likeness (QED) is 0.709. The molecule has 2 aliphatic rings. The van der Waals surface area contributed by atoms with Crippen molar-refractivity contribution in [2.45, 2.75) is 26.2 Å². The summed E-state index contributed by atoms with van der Waals surface area (Å²) in [7, 11) is 2.24. The Bertz CT molecular complexity index is 302. The first-order valence-electron chi connectivity index (χ1n) is 7.81. The summed E-state index contributed by atoms with van der Waals surface area (Å²) in [5, 5.41) is 0. The normalized spacial score (nSPS) is 24.1. The SMILES string of the molecule is CC#CCN1CCN(CCC2CCN(C)CC2)CC1. The Hall–Kier alpha value is -0.560. The van der Waals surface area contributed by atoms with Crippen LogP contribution in [0.15, 0.2) is 0 Å². The van der Waals surface area contributed by atoms with Crippen molar-refractivity contribution in [2.75, 3.05) is 59.4 Å². The number of nitrogens with zero attached hydrogens (tertiary/aromatic N) is 3. The smallest absolute Gasteiger partial charge is 0.0602 e. The van der Waals surface area contributed by atoms with E-state index in [0.717, 1.165) is 12.5 Å². The van der Waals surface area contributed by atoms with Crippen molar-refractivity contribution in [3.8, 4) is 11.8 Å². The summed E-state index contributed by atoms with van der Waals surface area (Å²) >= 11 is 0. The van der Waals surface area contributed by atoms with E-state index < -0.39 is 0 Å². The molecule has 3 nitrogen and oxygen atoms in total. The highest BCUT2D eigenvalue weighted by Gasteiger charge is 2.20. The van der Waals surface area contributed by atoms with Gasteiger partial charge in [0.2, 0.25) is 0 Å². The van der Waals surface area contributed by atoms with E-state index in [-0.39, 0.29) is 0 Å². The van der Waals surface area contributed by atoms with Crippen molar-refractivity contribution < 1.29 is 0 Å². The van der Waals surface area contributed by atoms with Gasteiger partial charge in [0.05, 0.1) is 6.54 Å². The second-order valence-electron chi connectivity index (χ2n) is 6.08. The Kier molecular flexibility index (Phi) is 6.16. The second-order valence-corrected chi connectivity index (χ2v) is 6.08. The molecule has 0 amide bonds. The standard InChI is InChI=1S/C16H29N3/c1-3-4-8-18-12-14-19(15-13-18)11-7-16-5-9-17(2)10-6-16/h16H,5-15H2,1-2H3. The van der Waals surface area contributed by atoms with Crippen LogP contribution < -0.4 is 0 Å². The molecule has 2 heterocycles. The molecule has 2 fully saturated rings. The monoisotopic (exact) mass is 263 g/mol. The largest absolute Gasteiger partial charge is 0.306 e. The molecule has 0 spiro atoms. The van der Waals surface area contributed by atoms with Gasteiger partial charge in [-0.05, 0) is 58.8 Å². The van der Waals surface area contributed by atoms with Crippen LogP contribution in [0.5, 0.6) is 0 Å². The third kappa shape index (κ3) is 5.14. The molecule has 108 valence electrons. The van der Waals surface area contributed by atoms with Gasteiger partial charge in [0.25, 0.3) is 0 Å². The average molecular weight is 263 g/mol. The van der Waals surface area contributed by atoms with Crippen LogP contribution in [0.3, 0.4) is 0 Å². The van der Waals surface area contributed by atoms with Crippen molar-refractivity contribution in [3.05, 3.63) is 0 Å². The minimum absolute atomic E-state index is 0.958. The predicted octanol–water partition coefficient (Wildman–Crippen LogP) is 1.36. The fourth-order valence-electron chi connectivity index (χ4n) is 3.08. The van der Waals surface area contributed by atoms with Crippen LogP contribution in [-0.4, -0.2) is 74.1 Å². The van der Waals surface area contributed by atoms with Crippen molar-refractivity contribution in [2.24, 2.45) is 5.92 Å².